The maximum atomic E-state index is 12.7. The van der Waals surface area contributed by atoms with E-state index >= 15 is 0 Å². The van der Waals surface area contributed by atoms with Gasteiger partial charge in [0.15, 0.2) is 6.10 Å². The van der Waals surface area contributed by atoms with Crippen LogP contribution >= 0.6 is 11.6 Å². The van der Waals surface area contributed by atoms with E-state index < -0.39 is 6.10 Å². The van der Waals surface area contributed by atoms with E-state index in [1.807, 2.05) is 12.1 Å². The lowest BCUT2D eigenvalue weighted by Gasteiger charge is -2.25. The molecule has 1 aliphatic rings. The molecular weight excluding hydrogens is 300 g/mol. The molecule has 4 nitrogen and oxygen atoms in total. The highest BCUT2D eigenvalue weighted by Crippen LogP contribution is 2.32. The zero-order valence-electron chi connectivity index (χ0n) is 12.0. The molecule has 1 N–H and O–H groups in total. The molecule has 2 aromatic rings. The van der Waals surface area contributed by atoms with E-state index in [2.05, 4.69) is 4.98 Å². The van der Waals surface area contributed by atoms with Crippen LogP contribution in [0.2, 0.25) is 5.02 Å². The van der Waals surface area contributed by atoms with E-state index in [9.17, 15) is 9.90 Å². The molecule has 1 aromatic heterocycles. The van der Waals surface area contributed by atoms with Gasteiger partial charge in [-0.2, -0.15) is 0 Å². The summed E-state index contributed by atoms with van der Waals surface area (Å²) in [7, 11) is 0. The minimum atomic E-state index is -1.23. The first-order valence-corrected chi connectivity index (χ1v) is 7.66. The molecule has 0 aliphatic heterocycles. The average Bonchev–Trinajstić information content (AvgIpc) is 3.37. The van der Waals surface area contributed by atoms with Crippen molar-refractivity contribution in [2.24, 2.45) is 0 Å². The molecule has 114 valence electrons. The Morgan fingerprint density at radius 3 is 2.59 bits per heavy atom. The van der Waals surface area contributed by atoms with Gasteiger partial charge in [0.25, 0.3) is 5.91 Å². The Hall–Kier alpha value is -1.91. The zero-order valence-corrected chi connectivity index (χ0v) is 12.8. The summed E-state index contributed by atoms with van der Waals surface area (Å²) in [6, 6.07) is 10.9. The smallest absolute Gasteiger partial charge is 0.256 e. The number of carbonyl (C=O) groups excluding carboxylic acids is 1. The standard InChI is InChI=1S/C17H17ClN2O2/c18-15-4-2-1-3-14(15)16(21)17(22)20(13-5-6-13)11-12-7-9-19-10-8-12/h1-4,7-10,13,16,21H,5-6,11H2/t16-/m0/s1. The van der Waals surface area contributed by atoms with Crippen LogP contribution in [0.4, 0.5) is 0 Å². The second-order valence-electron chi connectivity index (χ2n) is 5.48. The lowest BCUT2D eigenvalue weighted by molar-refractivity contribution is -0.141. The van der Waals surface area contributed by atoms with E-state index in [4.69, 9.17) is 11.6 Å². The van der Waals surface area contributed by atoms with Crippen LogP contribution in [-0.4, -0.2) is 26.9 Å². The van der Waals surface area contributed by atoms with Gasteiger partial charge in [0.2, 0.25) is 0 Å². The molecule has 3 rings (SSSR count). The van der Waals surface area contributed by atoms with Gasteiger partial charge in [-0.1, -0.05) is 29.8 Å². The van der Waals surface area contributed by atoms with Gasteiger partial charge in [0.1, 0.15) is 0 Å². The summed E-state index contributed by atoms with van der Waals surface area (Å²) in [5.41, 5.74) is 1.45. The van der Waals surface area contributed by atoms with Crippen LogP contribution in [0.1, 0.15) is 30.1 Å². The first-order valence-electron chi connectivity index (χ1n) is 7.28. The molecule has 1 aromatic carbocycles. The third-order valence-electron chi connectivity index (χ3n) is 3.81. The van der Waals surface area contributed by atoms with Gasteiger partial charge in [-0.15, -0.1) is 0 Å². The largest absolute Gasteiger partial charge is 0.378 e. The lowest BCUT2D eigenvalue weighted by atomic mass is 10.1. The Labute approximate surface area is 134 Å². The van der Waals surface area contributed by atoms with Crippen LogP contribution in [0.3, 0.4) is 0 Å². The number of amides is 1. The van der Waals surface area contributed by atoms with E-state index in [1.54, 1.807) is 41.6 Å². The number of hydrogen-bond acceptors (Lipinski definition) is 3. The maximum Gasteiger partial charge on any atom is 0.256 e. The van der Waals surface area contributed by atoms with Crippen LogP contribution in [0.5, 0.6) is 0 Å². The van der Waals surface area contributed by atoms with Crippen LogP contribution in [0.15, 0.2) is 48.8 Å². The Morgan fingerprint density at radius 1 is 1.27 bits per heavy atom. The normalized spacial score (nSPS) is 15.4. The van der Waals surface area contributed by atoms with Crippen molar-refractivity contribution in [3.63, 3.8) is 0 Å². The van der Waals surface area contributed by atoms with Crippen molar-refractivity contribution in [3.05, 3.63) is 64.9 Å². The topological polar surface area (TPSA) is 53.4 Å². The number of aromatic nitrogens is 1. The number of carbonyl (C=O) groups is 1. The second kappa shape index (κ2) is 6.46. The number of pyridine rings is 1. The van der Waals surface area contributed by atoms with Crippen LogP contribution in [0, 0.1) is 0 Å². The number of nitrogens with zero attached hydrogens (tertiary/aromatic N) is 2. The molecule has 0 radical (unpaired) electrons. The predicted molar refractivity (Wildman–Crippen MR) is 84.2 cm³/mol. The van der Waals surface area contributed by atoms with Gasteiger partial charge in [-0.25, -0.2) is 0 Å². The molecule has 0 bridgehead atoms. The van der Waals surface area contributed by atoms with Crippen LogP contribution in [-0.2, 0) is 11.3 Å². The molecule has 22 heavy (non-hydrogen) atoms. The Morgan fingerprint density at radius 2 is 1.95 bits per heavy atom. The molecule has 1 fully saturated rings. The summed E-state index contributed by atoms with van der Waals surface area (Å²) >= 11 is 6.08. The molecule has 0 spiro atoms. The quantitative estimate of drug-likeness (QED) is 0.922. The zero-order chi connectivity index (χ0) is 15.5. The number of rotatable bonds is 5. The molecule has 0 saturated heterocycles. The van der Waals surface area contributed by atoms with Gasteiger partial charge >= 0.3 is 0 Å². The maximum absolute atomic E-state index is 12.7. The lowest BCUT2D eigenvalue weighted by Crippen LogP contribution is -2.36. The first kappa shape index (κ1) is 15.0. The summed E-state index contributed by atoms with van der Waals surface area (Å²) in [4.78, 5) is 18.4. The van der Waals surface area contributed by atoms with Crippen molar-refractivity contribution in [1.29, 1.82) is 0 Å². The summed E-state index contributed by atoms with van der Waals surface area (Å²) < 4.78 is 0. The van der Waals surface area contributed by atoms with E-state index in [-0.39, 0.29) is 11.9 Å². The van der Waals surface area contributed by atoms with Crippen molar-refractivity contribution in [2.45, 2.75) is 31.5 Å². The third-order valence-corrected chi connectivity index (χ3v) is 4.15. The van der Waals surface area contributed by atoms with Crippen LogP contribution in [0.25, 0.3) is 0 Å². The first-order chi connectivity index (χ1) is 10.7. The SMILES string of the molecule is O=C([C@@H](O)c1ccccc1Cl)N(Cc1ccncc1)C1CC1. The highest BCUT2D eigenvalue weighted by atomic mass is 35.5. The molecule has 1 amide bonds. The van der Waals surface area contributed by atoms with E-state index in [1.165, 1.54) is 0 Å². The van der Waals surface area contributed by atoms with Crippen LogP contribution < -0.4 is 0 Å². The van der Waals surface area contributed by atoms with Gasteiger partial charge < -0.3 is 10.0 Å². The summed E-state index contributed by atoms with van der Waals surface area (Å²) in [5, 5.41) is 10.8. The number of aliphatic hydroxyl groups is 1. The summed E-state index contributed by atoms with van der Waals surface area (Å²) in [5.74, 6) is -0.299. The second-order valence-corrected chi connectivity index (χ2v) is 5.88. The molecular formula is C17H17ClN2O2. The number of aliphatic hydroxyl groups excluding tert-OH is 1. The van der Waals surface area contributed by atoms with Crippen molar-refractivity contribution in [1.82, 2.24) is 9.88 Å². The summed E-state index contributed by atoms with van der Waals surface area (Å²) in [6.45, 7) is 0.480. The third kappa shape index (κ3) is 3.29. The highest BCUT2D eigenvalue weighted by Gasteiger charge is 2.36. The predicted octanol–water partition coefficient (Wildman–Crippen LogP) is 2.96. The molecule has 1 atom stereocenters. The van der Waals surface area contributed by atoms with E-state index in [0.29, 0.717) is 17.1 Å². The fraction of sp³-hybridized carbons (Fsp3) is 0.294. The van der Waals surface area contributed by atoms with Gasteiger partial charge in [0.05, 0.1) is 0 Å². The van der Waals surface area contributed by atoms with Crippen molar-refractivity contribution >= 4 is 17.5 Å². The minimum absolute atomic E-state index is 0.206. The van der Waals surface area contributed by atoms with Gasteiger partial charge in [-0.05, 0) is 36.6 Å². The molecule has 1 saturated carbocycles. The fourth-order valence-electron chi connectivity index (χ4n) is 2.45. The minimum Gasteiger partial charge on any atom is -0.378 e. The number of halogens is 1. The van der Waals surface area contributed by atoms with E-state index in [0.717, 1.165) is 18.4 Å². The molecule has 1 aliphatic carbocycles. The van der Waals surface area contributed by atoms with Crippen molar-refractivity contribution < 1.29 is 9.90 Å². The summed E-state index contributed by atoms with van der Waals surface area (Å²) in [6.07, 6.45) is 4.14. The number of hydrogen-bond donors (Lipinski definition) is 1. The van der Waals surface area contributed by atoms with Crippen molar-refractivity contribution in [3.8, 4) is 0 Å². The Bertz CT molecular complexity index is 659. The molecule has 5 heteroatoms. The van der Waals surface area contributed by atoms with Gasteiger partial charge in [-0.3, -0.25) is 9.78 Å². The van der Waals surface area contributed by atoms with Crippen molar-refractivity contribution in [2.75, 3.05) is 0 Å². The molecule has 0 unspecified atom stereocenters. The Balaban J connectivity index is 1.80. The molecule has 1 heterocycles. The Kier molecular flexibility index (Phi) is 4.41. The number of benzene rings is 1. The van der Waals surface area contributed by atoms with Gasteiger partial charge in [0, 0.05) is 35.6 Å². The fourth-order valence-corrected chi connectivity index (χ4v) is 2.68. The monoisotopic (exact) mass is 316 g/mol. The highest BCUT2D eigenvalue weighted by molar-refractivity contribution is 6.31. The average molecular weight is 317 g/mol.